The average molecular weight is 376 g/mol. The number of carbonyl (C=O) groups excluding carboxylic acids is 2. The van der Waals surface area contributed by atoms with Crippen molar-refractivity contribution >= 4 is 29.0 Å². The third kappa shape index (κ3) is 4.12. The van der Waals surface area contributed by atoms with Crippen molar-refractivity contribution in [2.24, 2.45) is 0 Å². The maximum absolute atomic E-state index is 13.5. The van der Waals surface area contributed by atoms with Crippen molar-refractivity contribution in [3.63, 3.8) is 0 Å². The number of amides is 2. The molecule has 0 unspecified atom stereocenters. The Labute approximate surface area is 151 Å². The van der Waals surface area contributed by atoms with E-state index in [1.54, 1.807) is 17.4 Å². The Morgan fingerprint density at radius 3 is 2.69 bits per heavy atom. The molecule has 0 saturated heterocycles. The molecule has 0 saturated carbocycles. The predicted octanol–water partition coefficient (Wildman–Crippen LogP) is 3.09. The first kappa shape index (κ1) is 17.7. The first-order chi connectivity index (χ1) is 12.4. The Hall–Kier alpha value is -3.07. The molecule has 1 aromatic carbocycles. The highest BCUT2D eigenvalue weighted by atomic mass is 32.1. The highest BCUT2D eigenvalue weighted by Crippen LogP contribution is 2.27. The fourth-order valence-electron chi connectivity index (χ4n) is 2.21. The van der Waals surface area contributed by atoms with Gasteiger partial charge in [-0.25, -0.2) is 8.78 Å². The second-order valence-corrected chi connectivity index (χ2v) is 6.72. The van der Waals surface area contributed by atoms with Gasteiger partial charge < -0.3 is 10.6 Å². The lowest BCUT2D eigenvalue weighted by molar-refractivity contribution is -0.115. The van der Waals surface area contributed by atoms with Crippen LogP contribution >= 0.6 is 11.3 Å². The summed E-state index contributed by atoms with van der Waals surface area (Å²) in [6, 6.07) is 8.17. The second-order valence-electron chi connectivity index (χ2n) is 5.43. The number of benzene rings is 1. The van der Waals surface area contributed by atoms with Gasteiger partial charge in [0.05, 0.1) is 22.7 Å². The van der Waals surface area contributed by atoms with Crippen LogP contribution in [0.15, 0.2) is 36.4 Å². The Morgan fingerprint density at radius 1 is 1.19 bits per heavy atom. The van der Waals surface area contributed by atoms with Crippen molar-refractivity contribution < 1.29 is 18.4 Å². The van der Waals surface area contributed by atoms with Gasteiger partial charge in [-0.15, -0.1) is 11.3 Å². The third-order valence-corrected chi connectivity index (χ3v) is 4.47. The summed E-state index contributed by atoms with van der Waals surface area (Å²) >= 11 is 1.58. The first-order valence-electron chi connectivity index (χ1n) is 7.57. The molecule has 6 nitrogen and oxygen atoms in total. The SMILES string of the molecule is Cc1ccc(-c2cc(NC(=O)CNC(=O)c3ccc(F)cc3F)n[nH]2)s1. The van der Waals surface area contributed by atoms with Crippen molar-refractivity contribution in [3.05, 3.63) is 58.5 Å². The highest BCUT2D eigenvalue weighted by Gasteiger charge is 2.14. The van der Waals surface area contributed by atoms with Crippen molar-refractivity contribution in [1.29, 1.82) is 0 Å². The Balaban J connectivity index is 1.56. The number of rotatable bonds is 5. The van der Waals surface area contributed by atoms with Crippen LogP contribution in [0.5, 0.6) is 0 Å². The highest BCUT2D eigenvalue weighted by molar-refractivity contribution is 7.15. The van der Waals surface area contributed by atoms with Crippen molar-refractivity contribution in [2.75, 3.05) is 11.9 Å². The fraction of sp³-hybridized carbons (Fsp3) is 0.118. The summed E-state index contributed by atoms with van der Waals surface area (Å²) in [7, 11) is 0. The smallest absolute Gasteiger partial charge is 0.254 e. The van der Waals surface area contributed by atoms with Gasteiger partial charge in [0, 0.05) is 17.0 Å². The number of aromatic amines is 1. The molecule has 0 atom stereocenters. The molecule has 0 fully saturated rings. The minimum atomic E-state index is -0.994. The summed E-state index contributed by atoms with van der Waals surface area (Å²) in [5, 5.41) is 11.6. The quantitative estimate of drug-likeness (QED) is 0.640. The van der Waals surface area contributed by atoms with Gasteiger partial charge in [0.15, 0.2) is 5.82 Å². The van der Waals surface area contributed by atoms with Crippen LogP contribution in [0.25, 0.3) is 10.6 Å². The number of carbonyl (C=O) groups is 2. The molecule has 9 heteroatoms. The van der Waals surface area contributed by atoms with Gasteiger partial charge in [-0.3, -0.25) is 14.7 Å². The van der Waals surface area contributed by atoms with Crippen LogP contribution in [0.4, 0.5) is 14.6 Å². The average Bonchev–Trinajstić information content (AvgIpc) is 3.21. The van der Waals surface area contributed by atoms with Gasteiger partial charge in [0.1, 0.15) is 11.6 Å². The number of anilines is 1. The monoisotopic (exact) mass is 376 g/mol. The van der Waals surface area contributed by atoms with E-state index >= 15 is 0 Å². The van der Waals surface area contributed by atoms with Crippen LogP contribution in [0.1, 0.15) is 15.2 Å². The molecule has 3 aromatic rings. The summed E-state index contributed by atoms with van der Waals surface area (Å²) < 4.78 is 26.4. The third-order valence-electron chi connectivity index (χ3n) is 3.44. The predicted molar refractivity (Wildman–Crippen MR) is 94.0 cm³/mol. The Bertz CT molecular complexity index is 967. The van der Waals surface area contributed by atoms with Crippen molar-refractivity contribution in [1.82, 2.24) is 15.5 Å². The number of thiophene rings is 1. The molecule has 0 spiro atoms. The minimum absolute atomic E-state index is 0.304. The van der Waals surface area contributed by atoms with Crippen LogP contribution in [-0.4, -0.2) is 28.6 Å². The van der Waals surface area contributed by atoms with E-state index in [0.717, 1.165) is 27.6 Å². The largest absolute Gasteiger partial charge is 0.343 e. The normalized spacial score (nSPS) is 10.6. The van der Waals surface area contributed by atoms with E-state index in [1.807, 2.05) is 19.1 Å². The van der Waals surface area contributed by atoms with E-state index in [1.165, 1.54) is 0 Å². The van der Waals surface area contributed by atoms with Crippen LogP contribution in [-0.2, 0) is 4.79 Å². The van der Waals surface area contributed by atoms with Crippen LogP contribution < -0.4 is 10.6 Å². The van der Waals surface area contributed by atoms with E-state index in [2.05, 4.69) is 20.8 Å². The number of hydrogen-bond acceptors (Lipinski definition) is 4. The first-order valence-corrected chi connectivity index (χ1v) is 8.39. The number of hydrogen-bond donors (Lipinski definition) is 3. The van der Waals surface area contributed by atoms with Gasteiger partial charge in [0.2, 0.25) is 5.91 Å². The van der Waals surface area contributed by atoms with Crippen molar-refractivity contribution in [2.45, 2.75) is 6.92 Å². The van der Waals surface area contributed by atoms with Gasteiger partial charge in [0.25, 0.3) is 5.91 Å². The van der Waals surface area contributed by atoms with E-state index in [-0.39, 0.29) is 12.1 Å². The summed E-state index contributed by atoms with van der Waals surface area (Å²) in [6.45, 7) is 1.61. The zero-order valence-corrected chi connectivity index (χ0v) is 14.4. The summed E-state index contributed by atoms with van der Waals surface area (Å²) in [5.74, 6) is -2.81. The molecule has 3 rings (SSSR count). The molecular formula is C17H14F2N4O2S. The lowest BCUT2D eigenvalue weighted by atomic mass is 10.2. The minimum Gasteiger partial charge on any atom is -0.343 e. The molecular weight excluding hydrogens is 362 g/mol. The van der Waals surface area contributed by atoms with E-state index in [0.29, 0.717) is 11.9 Å². The zero-order chi connectivity index (χ0) is 18.7. The number of aromatic nitrogens is 2. The van der Waals surface area contributed by atoms with E-state index in [9.17, 15) is 18.4 Å². The molecule has 2 heterocycles. The molecule has 26 heavy (non-hydrogen) atoms. The number of nitrogens with one attached hydrogen (secondary N) is 3. The summed E-state index contributed by atoms with van der Waals surface area (Å²) in [4.78, 5) is 25.9. The topological polar surface area (TPSA) is 86.9 Å². The Kier molecular flexibility index (Phi) is 5.08. The van der Waals surface area contributed by atoms with Gasteiger partial charge in [-0.1, -0.05) is 0 Å². The standard InChI is InChI=1S/C17H14F2N4O2S/c1-9-2-5-14(26-9)13-7-15(23-22-13)21-16(24)8-20-17(25)11-4-3-10(18)6-12(11)19/h2-7H,8H2,1H3,(H,20,25)(H2,21,22,23,24). The van der Waals surface area contributed by atoms with Gasteiger partial charge in [-0.05, 0) is 31.2 Å². The second kappa shape index (κ2) is 7.44. The maximum atomic E-state index is 13.5. The number of nitrogens with zero attached hydrogens (tertiary/aromatic N) is 1. The number of aryl methyl sites for hydroxylation is 1. The number of halogens is 2. The molecule has 0 bridgehead atoms. The zero-order valence-electron chi connectivity index (χ0n) is 13.6. The fourth-order valence-corrected chi connectivity index (χ4v) is 3.04. The summed E-state index contributed by atoms with van der Waals surface area (Å²) in [6.07, 6.45) is 0. The van der Waals surface area contributed by atoms with Crippen LogP contribution in [0.3, 0.4) is 0 Å². The molecule has 2 aromatic heterocycles. The summed E-state index contributed by atoms with van der Waals surface area (Å²) in [5.41, 5.74) is 0.421. The van der Waals surface area contributed by atoms with Crippen LogP contribution in [0.2, 0.25) is 0 Å². The van der Waals surface area contributed by atoms with Crippen LogP contribution in [0, 0.1) is 18.6 Å². The molecule has 3 N–H and O–H groups in total. The van der Waals surface area contributed by atoms with Gasteiger partial charge in [-0.2, -0.15) is 5.10 Å². The van der Waals surface area contributed by atoms with Gasteiger partial charge >= 0.3 is 0 Å². The maximum Gasteiger partial charge on any atom is 0.254 e. The molecule has 0 aliphatic heterocycles. The molecule has 0 aliphatic carbocycles. The molecule has 134 valence electrons. The van der Waals surface area contributed by atoms with E-state index < -0.39 is 23.4 Å². The van der Waals surface area contributed by atoms with Crippen molar-refractivity contribution in [3.8, 4) is 10.6 Å². The lowest BCUT2D eigenvalue weighted by Gasteiger charge is -2.06. The lowest BCUT2D eigenvalue weighted by Crippen LogP contribution is -2.33. The Morgan fingerprint density at radius 2 is 2.00 bits per heavy atom. The number of H-pyrrole nitrogens is 1. The molecule has 0 radical (unpaired) electrons. The molecule has 2 amide bonds. The molecule has 0 aliphatic rings. The van der Waals surface area contributed by atoms with E-state index in [4.69, 9.17) is 0 Å².